The Morgan fingerprint density at radius 3 is 2.18 bits per heavy atom. The molecular formula is C20H23NS. The molecule has 114 valence electrons. The molecule has 0 aliphatic carbocycles. The summed E-state index contributed by atoms with van der Waals surface area (Å²) in [5.41, 5.74) is 3.88. The van der Waals surface area contributed by atoms with Crippen molar-refractivity contribution in [1.29, 1.82) is 0 Å². The highest BCUT2D eigenvalue weighted by Gasteiger charge is 2.41. The molecule has 3 rings (SSSR count). The molecule has 2 aromatic carbocycles. The second kappa shape index (κ2) is 6.70. The summed E-state index contributed by atoms with van der Waals surface area (Å²) >= 11 is 2.04. The van der Waals surface area contributed by atoms with Gasteiger partial charge in [-0.2, -0.15) is 0 Å². The van der Waals surface area contributed by atoms with E-state index < -0.39 is 0 Å². The van der Waals surface area contributed by atoms with Crippen LogP contribution < -0.4 is 0 Å². The van der Waals surface area contributed by atoms with Crippen molar-refractivity contribution in [3.05, 3.63) is 71.8 Å². The normalized spacial score (nSPS) is 24.3. The molecule has 0 N–H and O–H groups in total. The minimum atomic E-state index is -0.109. The Balaban J connectivity index is 2.07. The van der Waals surface area contributed by atoms with E-state index >= 15 is 0 Å². The number of thioether (sulfide) groups is 1. The van der Waals surface area contributed by atoms with Gasteiger partial charge in [-0.25, -0.2) is 0 Å². The van der Waals surface area contributed by atoms with Crippen LogP contribution in [0, 0.1) is 0 Å². The van der Waals surface area contributed by atoms with E-state index in [1.54, 1.807) is 0 Å². The molecule has 0 amide bonds. The molecule has 1 heterocycles. The van der Waals surface area contributed by atoms with Gasteiger partial charge in [0.2, 0.25) is 0 Å². The highest BCUT2D eigenvalue weighted by molar-refractivity contribution is 8.02. The van der Waals surface area contributed by atoms with Gasteiger partial charge in [-0.3, -0.25) is 4.99 Å². The van der Waals surface area contributed by atoms with Crippen molar-refractivity contribution in [3.63, 3.8) is 0 Å². The van der Waals surface area contributed by atoms with Gasteiger partial charge < -0.3 is 0 Å². The van der Waals surface area contributed by atoms with Crippen molar-refractivity contribution in [2.45, 2.75) is 43.2 Å². The van der Waals surface area contributed by atoms with Gasteiger partial charge in [0.25, 0.3) is 0 Å². The molecule has 0 fully saturated rings. The average Bonchev–Trinajstić information content (AvgIpc) is 2.97. The highest BCUT2D eigenvalue weighted by atomic mass is 32.2. The van der Waals surface area contributed by atoms with Gasteiger partial charge in [0, 0.05) is 5.25 Å². The van der Waals surface area contributed by atoms with Crippen molar-refractivity contribution in [1.82, 2.24) is 0 Å². The SMILES string of the molecule is CCCC1(c2ccccc2)N=C(c2ccccc2)C(CC)S1. The zero-order valence-corrected chi connectivity index (χ0v) is 14.1. The van der Waals surface area contributed by atoms with E-state index in [-0.39, 0.29) is 4.87 Å². The zero-order chi connectivity index (χ0) is 15.4. The van der Waals surface area contributed by atoms with Gasteiger partial charge in [-0.1, -0.05) is 80.9 Å². The van der Waals surface area contributed by atoms with Crippen LogP contribution in [0.25, 0.3) is 0 Å². The van der Waals surface area contributed by atoms with Crippen LogP contribution in [0.1, 0.15) is 44.2 Å². The van der Waals surface area contributed by atoms with Crippen LogP contribution in [0.5, 0.6) is 0 Å². The lowest BCUT2D eigenvalue weighted by Gasteiger charge is -2.26. The highest BCUT2D eigenvalue weighted by Crippen LogP contribution is 2.51. The Labute approximate surface area is 137 Å². The van der Waals surface area contributed by atoms with Crippen LogP contribution in [-0.4, -0.2) is 11.0 Å². The number of rotatable bonds is 5. The van der Waals surface area contributed by atoms with Crippen molar-refractivity contribution in [2.75, 3.05) is 0 Å². The number of nitrogens with zero attached hydrogens (tertiary/aromatic N) is 1. The van der Waals surface area contributed by atoms with Crippen LogP contribution in [-0.2, 0) is 4.87 Å². The topological polar surface area (TPSA) is 12.4 Å². The third-order valence-electron chi connectivity index (χ3n) is 4.20. The third-order valence-corrected chi connectivity index (χ3v) is 5.96. The fourth-order valence-corrected chi connectivity index (χ4v) is 4.83. The summed E-state index contributed by atoms with van der Waals surface area (Å²) in [6.07, 6.45) is 3.36. The lowest BCUT2D eigenvalue weighted by Crippen LogP contribution is -2.17. The quantitative estimate of drug-likeness (QED) is 0.694. The summed E-state index contributed by atoms with van der Waals surface area (Å²) in [7, 11) is 0. The van der Waals surface area contributed by atoms with Gasteiger partial charge >= 0.3 is 0 Å². The number of hydrogen-bond acceptors (Lipinski definition) is 2. The second-order valence-electron chi connectivity index (χ2n) is 5.78. The second-order valence-corrected chi connectivity index (χ2v) is 7.26. The molecule has 1 aliphatic heterocycles. The van der Waals surface area contributed by atoms with Gasteiger partial charge in [0.1, 0.15) is 4.87 Å². The number of hydrogen-bond donors (Lipinski definition) is 0. The molecule has 22 heavy (non-hydrogen) atoms. The molecule has 0 spiro atoms. The minimum absolute atomic E-state index is 0.109. The Kier molecular flexibility index (Phi) is 4.68. The number of benzene rings is 2. The molecule has 2 unspecified atom stereocenters. The molecule has 0 aromatic heterocycles. The smallest absolute Gasteiger partial charge is 0.132 e. The van der Waals surface area contributed by atoms with E-state index in [2.05, 4.69) is 74.5 Å². The Morgan fingerprint density at radius 2 is 1.59 bits per heavy atom. The van der Waals surface area contributed by atoms with Crippen LogP contribution >= 0.6 is 11.8 Å². The Bertz CT molecular complexity index is 635. The van der Waals surface area contributed by atoms with E-state index in [1.165, 1.54) is 16.8 Å². The van der Waals surface area contributed by atoms with Crippen molar-refractivity contribution >= 4 is 17.5 Å². The molecule has 2 heteroatoms. The lowest BCUT2D eigenvalue weighted by atomic mass is 10.0. The van der Waals surface area contributed by atoms with E-state index in [1.807, 2.05) is 11.8 Å². The maximum atomic E-state index is 5.28. The first kappa shape index (κ1) is 15.4. The first-order valence-corrected chi connectivity index (χ1v) is 9.05. The molecule has 2 aromatic rings. The third kappa shape index (κ3) is 2.85. The molecule has 2 atom stereocenters. The molecule has 0 bridgehead atoms. The van der Waals surface area contributed by atoms with Crippen LogP contribution in [0.4, 0.5) is 0 Å². The largest absolute Gasteiger partial charge is 0.266 e. The monoisotopic (exact) mass is 309 g/mol. The van der Waals surface area contributed by atoms with Gasteiger partial charge in [0.05, 0.1) is 5.71 Å². The lowest BCUT2D eigenvalue weighted by molar-refractivity contribution is 0.591. The molecule has 0 saturated heterocycles. The molecular weight excluding hydrogens is 286 g/mol. The molecule has 0 saturated carbocycles. The summed E-state index contributed by atoms with van der Waals surface area (Å²) in [4.78, 5) is 5.17. The summed E-state index contributed by atoms with van der Waals surface area (Å²) < 4.78 is 0. The van der Waals surface area contributed by atoms with Crippen molar-refractivity contribution in [2.24, 2.45) is 4.99 Å². The summed E-state index contributed by atoms with van der Waals surface area (Å²) in [5, 5.41) is 0.481. The summed E-state index contributed by atoms with van der Waals surface area (Å²) in [6.45, 7) is 4.52. The summed E-state index contributed by atoms with van der Waals surface area (Å²) in [5.74, 6) is 0. The molecule has 1 aliphatic rings. The zero-order valence-electron chi connectivity index (χ0n) is 13.3. The molecule has 1 nitrogen and oxygen atoms in total. The standard InChI is InChI=1S/C20H23NS/c1-3-15-20(17-13-9-6-10-14-17)21-19(18(4-2)22-20)16-11-7-5-8-12-16/h5-14,18H,3-4,15H2,1-2H3. The maximum absolute atomic E-state index is 5.28. The maximum Gasteiger partial charge on any atom is 0.132 e. The van der Waals surface area contributed by atoms with E-state index in [4.69, 9.17) is 4.99 Å². The van der Waals surface area contributed by atoms with Crippen LogP contribution in [0.3, 0.4) is 0 Å². The van der Waals surface area contributed by atoms with E-state index in [9.17, 15) is 0 Å². The Hall–Kier alpha value is -1.54. The molecule has 0 radical (unpaired) electrons. The fourth-order valence-electron chi connectivity index (χ4n) is 3.15. The fraction of sp³-hybridized carbons (Fsp3) is 0.350. The Morgan fingerprint density at radius 1 is 0.955 bits per heavy atom. The van der Waals surface area contributed by atoms with E-state index in [0.29, 0.717) is 5.25 Å². The number of aliphatic imine (C=N–C) groups is 1. The summed E-state index contributed by atoms with van der Waals surface area (Å²) in [6, 6.07) is 21.5. The first-order chi connectivity index (χ1) is 10.8. The van der Waals surface area contributed by atoms with Crippen molar-refractivity contribution in [3.8, 4) is 0 Å². The average molecular weight is 309 g/mol. The van der Waals surface area contributed by atoms with Gasteiger partial charge in [-0.15, -0.1) is 11.8 Å². The first-order valence-electron chi connectivity index (χ1n) is 8.17. The minimum Gasteiger partial charge on any atom is -0.266 e. The van der Waals surface area contributed by atoms with Crippen LogP contribution in [0.2, 0.25) is 0 Å². The van der Waals surface area contributed by atoms with Gasteiger partial charge in [0.15, 0.2) is 0 Å². The van der Waals surface area contributed by atoms with Crippen molar-refractivity contribution < 1.29 is 0 Å². The predicted molar refractivity (Wildman–Crippen MR) is 97.7 cm³/mol. The van der Waals surface area contributed by atoms with E-state index in [0.717, 1.165) is 19.3 Å². The van der Waals surface area contributed by atoms with Gasteiger partial charge in [-0.05, 0) is 24.0 Å². The van der Waals surface area contributed by atoms with Crippen LogP contribution in [0.15, 0.2) is 65.7 Å². The predicted octanol–water partition coefficient (Wildman–Crippen LogP) is 5.65.